The summed E-state index contributed by atoms with van der Waals surface area (Å²) in [5.41, 5.74) is -1.32. The van der Waals surface area contributed by atoms with E-state index in [2.05, 4.69) is 27.7 Å². The summed E-state index contributed by atoms with van der Waals surface area (Å²) in [7, 11) is -3.88. The van der Waals surface area contributed by atoms with Crippen LogP contribution in [-0.4, -0.2) is 44.0 Å². The van der Waals surface area contributed by atoms with Crippen LogP contribution in [-0.2, 0) is 32.7 Å². The summed E-state index contributed by atoms with van der Waals surface area (Å²) in [5, 5.41) is 0. The minimum absolute atomic E-state index is 0.0963. The Morgan fingerprint density at radius 2 is 1.22 bits per heavy atom. The van der Waals surface area contributed by atoms with Crippen molar-refractivity contribution in [2.45, 2.75) is 105 Å². The zero-order valence-corrected chi connectivity index (χ0v) is 22.1. The zero-order valence-electron chi connectivity index (χ0n) is 21.2. The highest BCUT2D eigenvalue weighted by Gasteiger charge is 2.44. The molecule has 0 bridgehead atoms. The van der Waals surface area contributed by atoms with Crippen LogP contribution in [0.5, 0.6) is 0 Å². The Morgan fingerprint density at radius 3 is 1.62 bits per heavy atom. The van der Waals surface area contributed by atoms with Crippen molar-refractivity contribution < 1.29 is 32.7 Å². The third-order valence-electron chi connectivity index (χ3n) is 5.66. The van der Waals surface area contributed by atoms with Crippen LogP contribution in [0.4, 0.5) is 0 Å². The van der Waals surface area contributed by atoms with E-state index in [1.165, 1.54) is 0 Å². The maximum atomic E-state index is 13.4. The van der Waals surface area contributed by atoms with Gasteiger partial charge in [0.2, 0.25) is 0 Å². The number of hydrogen-bond acceptors (Lipinski definition) is 7. The monoisotopic (exact) mass is 478 g/mol. The van der Waals surface area contributed by atoms with Crippen LogP contribution in [0.2, 0.25) is 0 Å². The molecule has 0 aliphatic heterocycles. The molecule has 0 N–H and O–H groups in total. The minimum Gasteiger partial charge on any atom is -0.465 e. The molecule has 0 aromatic carbocycles. The maximum absolute atomic E-state index is 13.4. The lowest BCUT2D eigenvalue weighted by Gasteiger charge is -2.25. The Labute approximate surface area is 195 Å². The second-order valence-corrected chi connectivity index (χ2v) is 10.5. The molecule has 0 aromatic rings. The van der Waals surface area contributed by atoms with Crippen molar-refractivity contribution in [2.75, 3.05) is 26.4 Å². The van der Waals surface area contributed by atoms with Gasteiger partial charge >= 0.3 is 19.5 Å². The van der Waals surface area contributed by atoms with Gasteiger partial charge in [0.05, 0.1) is 32.8 Å². The highest BCUT2D eigenvalue weighted by molar-refractivity contribution is 7.55. The number of unbranched alkanes of at least 4 members (excludes halogenated alkanes) is 2. The van der Waals surface area contributed by atoms with E-state index in [0.29, 0.717) is 6.61 Å². The first kappa shape index (κ1) is 31.1. The Hall–Kier alpha value is -0.910. The van der Waals surface area contributed by atoms with Crippen molar-refractivity contribution in [1.29, 1.82) is 0 Å². The molecule has 0 amide bonds. The molecular weight excluding hydrogens is 431 g/mol. The molecule has 0 aliphatic carbocycles. The van der Waals surface area contributed by atoms with Gasteiger partial charge in [0.15, 0.2) is 5.66 Å². The van der Waals surface area contributed by atoms with E-state index in [-0.39, 0.29) is 38.1 Å². The van der Waals surface area contributed by atoms with E-state index in [4.69, 9.17) is 18.5 Å². The van der Waals surface area contributed by atoms with Crippen molar-refractivity contribution in [3.8, 4) is 0 Å². The minimum atomic E-state index is -3.88. The largest absolute Gasteiger partial charge is 0.465 e. The fourth-order valence-electron chi connectivity index (χ4n) is 3.42. The summed E-state index contributed by atoms with van der Waals surface area (Å²) >= 11 is 0. The van der Waals surface area contributed by atoms with E-state index in [9.17, 15) is 14.2 Å². The standard InChI is InChI=1S/C24H47O7P/c1-7-13-15-20(9-3)18-28-23(25)17-22(32(27,30-11-5)31-12-6)24(26)29-19-21(10-4)16-14-8-2/h20-22H,7-19H2,1-6H3/t20-,21+,22-/m1/s1. The number of rotatable bonds is 20. The fourth-order valence-corrected chi connectivity index (χ4v) is 5.28. The van der Waals surface area contributed by atoms with E-state index < -0.39 is 25.2 Å². The SMILES string of the molecule is CCCC[C@@H](CC)COC(=O)C[C@H](C(=O)OC[C@@H](CC)CCCC)P(=O)(OCC)OCC. The molecule has 32 heavy (non-hydrogen) atoms. The van der Waals surface area contributed by atoms with Gasteiger partial charge in [-0.15, -0.1) is 0 Å². The number of carbonyl (C=O) groups excluding carboxylic acids is 2. The maximum Gasteiger partial charge on any atom is 0.345 e. The smallest absolute Gasteiger partial charge is 0.345 e. The van der Waals surface area contributed by atoms with Gasteiger partial charge in [-0.2, -0.15) is 0 Å². The van der Waals surface area contributed by atoms with E-state index in [1.807, 2.05) is 0 Å². The third kappa shape index (κ3) is 12.4. The molecule has 0 radical (unpaired) electrons. The molecule has 8 heteroatoms. The van der Waals surface area contributed by atoms with Gasteiger partial charge in [-0.3, -0.25) is 14.2 Å². The van der Waals surface area contributed by atoms with Crippen molar-refractivity contribution in [3.05, 3.63) is 0 Å². The lowest BCUT2D eigenvalue weighted by molar-refractivity contribution is -0.152. The lowest BCUT2D eigenvalue weighted by atomic mass is 10.0. The first-order chi connectivity index (χ1) is 15.3. The summed E-state index contributed by atoms with van der Waals surface area (Å²) in [4.78, 5) is 25.5. The highest BCUT2D eigenvalue weighted by atomic mass is 31.2. The second kappa shape index (κ2) is 18.5. The number of esters is 2. The van der Waals surface area contributed by atoms with Crippen molar-refractivity contribution in [3.63, 3.8) is 0 Å². The molecule has 0 spiro atoms. The predicted molar refractivity (Wildman–Crippen MR) is 128 cm³/mol. The molecule has 7 nitrogen and oxygen atoms in total. The quantitative estimate of drug-likeness (QED) is 0.145. The average Bonchev–Trinajstić information content (AvgIpc) is 2.77. The summed E-state index contributed by atoms with van der Waals surface area (Å²) in [6, 6.07) is 0. The third-order valence-corrected chi connectivity index (χ3v) is 8.05. The van der Waals surface area contributed by atoms with Crippen LogP contribution >= 0.6 is 7.60 Å². The van der Waals surface area contributed by atoms with Crippen LogP contribution in [0.15, 0.2) is 0 Å². The first-order valence-electron chi connectivity index (χ1n) is 12.5. The van der Waals surface area contributed by atoms with Gasteiger partial charge in [0.25, 0.3) is 0 Å². The molecule has 0 aromatic heterocycles. The Morgan fingerprint density at radius 1 is 0.750 bits per heavy atom. The van der Waals surface area contributed by atoms with Crippen molar-refractivity contribution in [1.82, 2.24) is 0 Å². The second-order valence-electron chi connectivity index (χ2n) is 8.24. The molecule has 0 heterocycles. The number of hydrogen-bond donors (Lipinski definition) is 0. The average molecular weight is 479 g/mol. The van der Waals surface area contributed by atoms with E-state index in [1.54, 1.807) is 13.8 Å². The molecule has 0 unspecified atom stereocenters. The molecule has 3 atom stereocenters. The molecule has 0 aliphatic rings. The van der Waals surface area contributed by atoms with Gasteiger partial charge in [0, 0.05) is 0 Å². The molecule has 0 fully saturated rings. The zero-order chi connectivity index (χ0) is 24.4. The van der Waals surface area contributed by atoms with Crippen LogP contribution in [0.3, 0.4) is 0 Å². The van der Waals surface area contributed by atoms with Crippen molar-refractivity contribution >= 4 is 19.5 Å². The van der Waals surface area contributed by atoms with Crippen LogP contribution < -0.4 is 0 Å². The fraction of sp³-hybridized carbons (Fsp3) is 0.917. The topological polar surface area (TPSA) is 88.1 Å². The van der Waals surface area contributed by atoms with Gasteiger partial charge in [0.1, 0.15) is 0 Å². The first-order valence-corrected chi connectivity index (χ1v) is 14.1. The summed E-state index contributed by atoms with van der Waals surface area (Å²) in [5.74, 6) is -0.799. The van der Waals surface area contributed by atoms with Gasteiger partial charge in [-0.1, -0.05) is 66.2 Å². The number of ether oxygens (including phenoxy) is 2. The molecule has 0 rings (SSSR count). The molecule has 0 saturated heterocycles. The predicted octanol–water partition coefficient (Wildman–Crippen LogP) is 6.53. The summed E-state index contributed by atoms with van der Waals surface area (Å²) in [6.07, 6.45) is 7.63. The lowest BCUT2D eigenvalue weighted by Crippen LogP contribution is -2.31. The Kier molecular flexibility index (Phi) is 18.0. The molecule has 190 valence electrons. The van der Waals surface area contributed by atoms with E-state index >= 15 is 0 Å². The number of carbonyl (C=O) groups is 2. The van der Waals surface area contributed by atoms with Crippen LogP contribution in [0.1, 0.15) is 99.3 Å². The molecule has 0 saturated carbocycles. The Bertz CT molecular complexity index is 542. The summed E-state index contributed by atoms with van der Waals surface area (Å²) < 4.78 is 35.1. The normalized spacial score (nSPS) is 14.6. The van der Waals surface area contributed by atoms with Gasteiger partial charge in [-0.05, 0) is 38.5 Å². The van der Waals surface area contributed by atoms with Crippen LogP contribution in [0, 0.1) is 11.8 Å². The van der Waals surface area contributed by atoms with Gasteiger partial charge < -0.3 is 18.5 Å². The van der Waals surface area contributed by atoms with E-state index in [0.717, 1.165) is 51.4 Å². The Balaban J connectivity index is 5.27. The van der Waals surface area contributed by atoms with Crippen molar-refractivity contribution in [2.24, 2.45) is 11.8 Å². The van der Waals surface area contributed by atoms with Crippen LogP contribution in [0.25, 0.3) is 0 Å². The highest BCUT2D eigenvalue weighted by Crippen LogP contribution is 2.54. The molecular formula is C24H47O7P. The summed E-state index contributed by atoms with van der Waals surface area (Å²) in [6.45, 7) is 12.4. The van der Waals surface area contributed by atoms with Gasteiger partial charge in [-0.25, -0.2) is 0 Å².